The molecule has 1 aromatic heterocycles. The first-order chi connectivity index (χ1) is 27.7. The number of rotatable bonds is 9. The predicted octanol–water partition coefficient (Wildman–Crippen LogP) is 2.37. The topological polar surface area (TPSA) is 203 Å². The number of nitrogens with one attached hydrogen (secondary N) is 1. The van der Waals surface area contributed by atoms with E-state index in [0.717, 1.165) is 16.6 Å². The van der Waals surface area contributed by atoms with Crippen LogP contribution in [0, 0.1) is 0 Å². The van der Waals surface area contributed by atoms with Crippen molar-refractivity contribution in [3.63, 3.8) is 0 Å². The number of aromatic nitrogens is 1. The minimum Gasteiger partial charge on any atom is -0.496 e. The molecule has 0 saturated carbocycles. The summed E-state index contributed by atoms with van der Waals surface area (Å²) in [5.41, 5.74) is -3.58. The Labute approximate surface area is 328 Å². The van der Waals surface area contributed by atoms with Gasteiger partial charge in [-0.05, 0) is 49.6 Å². The number of pyridine rings is 1. The molecule has 1 fully saturated rings. The molecule has 1 aliphatic rings. The van der Waals surface area contributed by atoms with Crippen LogP contribution in [0.5, 0.6) is 23.0 Å². The summed E-state index contributed by atoms with van der Waals surface area (Å²) in [6, 6.07) is 5.11. The van der Waals surface area contributed by atoms with Crippen molar-refractivity contribution >= 4 is 71.6 Å². The van der Waals surface area contributed by atoms with Crippen LogP contribution in [-0.4, -0.2) is 81.4 Å². The van der Waals surface area contributed by atoms with Crippen LogP contribution < -0.4 is 51.5 Å². The zero-order chi connectivity index (χ0) is 42.1. The second kappa shape index (κ2) is 14.6. The highest BCUT2D eigenvalue weighted by Gasteiger charge is 2.38. The largest absolute Gasteiger partial charge is 0.496 e. The highest BCUT2D eigenvalue weighted by molar-refractivity contribution is 6.23. The third kappa shape index (κ3) is 5.56. The summed E-state index contributed by atoms with van der Waals surface area (Å²) in [5, 5.41) is 0.928. The van der Waals surface area contributed by atoms with Crippen molar-refractivity contribution in [1.29, 1.82) is 0 Å². The third-order valence-corrected chi connectivity index (χ3v) is 11.3. The number of ether oxygens (including phenoxy) is 5. The molecule has 6 aromatic rings. The van der Waals surface area contributed by atoms with Crippen molar-refractivity contribution in [2.24, 2.45) is 0 Å². The molecule has 5 aromatic carbocycles. The Balaban J connectivity index is 1.60. The number of amides is 2. The molecule has 3 atom stereocenters. The normalized spacial score (nSPS) is 16.2. The molecule has 16 heteroatoms. The zero-order valence-corrected chi connectivity index (χ0v) is 32.9. The molecule has 58 heavy (non-hydrogen) atoms. The summed E-state index contributed by atoms with van der Waals surface area (Å²) in [4.78, 5) is 113. The Bertz CT molecular complexity index is 3070. The van der Waals surface area contributed by atoms with Gasteiger partial charge in [0.15, 0.2) is 5.43 Å². The molecular formula is C42H39N3O13. The van der Waals surface area contributed by atoms with E-state index >= 15 is 0 Å². The molecule has 2 amide bonds. The van der Waals surface area contributed by atoms with E-state index in [1.165, 1.54) is 65.7 Å². The molecule has 0 radical (unpaired) electrons. The summed E-state index contributed by atoms with van der Waals surface area (Å²) in [6.07, 6.45) is 0.483. The van der Waals surface area contributed by atoms with Crippen LogP contribution in [0.2, 0.25) is 0 Å². The molecule has 7 rings (SSSR count). The number of carbonyl (C=O) groups is 3. The maximum Gasteiger partial charge on any atom is 0.330 e. The standard InChI is InChI=1S/C42H39N3O13/c1-9-17(2)23-14-21-29(41(52)45(23)16-26(46)44-15-22(42(53)58-8)43-40(51)18(44)3)35(48)27-19(34(21)47)10-11-20-28(27)39(57-7)33-32(38(20)56-6)36(49)30-24(54-4)12-13-25(55-5)31(30)37(33)50/h10-14,17-18,22H,9,15-16H2,1-8H3,(H,43,51). The fraction of sp³-hybridized carbons (Fsp3) is 0.333. The Morgan fingerprint density at radius 2 is 1.28 bits per heavy atom. The molecule has 300 valence electrons. The van der Waals surface area contributed by atoms with Gasteiger partial charge in [-0.25, -0.2) is 4.79 Å². The Morgan fingerprint density at radius 1 is 0.707 bits per heavy atom. The second-order valence-corrected chi connectivity index (χ2v) is 14.1. The quantitative estimate of drug-likeness (QED) is 0.127. The number of carbonyl (C=O) groups excluding carboxylic acids is 3. The lowest BCUT2D eigenvalue weighted by atomic mass is 9.91. The number of hydrogen-bond acceptors (Lipinski definition) is 13. The van der Waals surface area contributed by atoms with Gasteiger partial charge in [0.05, 0.1) is 69.0 Å². The van der Waals surface area contributed by atoms with Crippen LogP contribution in [0.15, 0.2) is 54.3 Å². The smallest absolute Gasteiger partial charge is 0.330 e. The number of hydrogen-bond donors (Lipinski definition) is 1. The number of esters is 1. The first-order valence-corrected chi connectivity index (χ1v) is 18.3. The third-order valence-electron chi connectivity index (χ3n) is 11.3. The van der Waals surface area contributed by atoms with Gasteiger partial charge in [0.2, 0.25) is 28.1 Å². The molecule has 0 aliphatic carbocycles. The van der Waals surface area contributed by atoms with E-state index < -0.39 is 69.1 Å². The SMILES string of the molecule is CCC(C)c1cc2c(=O)c3ccc4c(OC)c5c(=O)c6c(OC)ccc(OC)c6c(=O)c5c(OC)c4c3c(=O)c2c(=O)n1CC(=O)N1CC(C(=O)OC)NC(=O)C1C. The van der Waals surface area contributed by atoms with Gasteiger partial charge in [0.25, 0.3) is 5.56 Å². The van der Waals surface area contributed by atoms with Gasteiger partial charge in [-0.2, -0.15) is 0 Å². The van der Waals surface area contributed by atoms with Gasteiger partial charge in [0, 0.05) is 32.6 Å². The molecule has 2 heterocycles. The summed E-state index contributed by atoms with van der Waals surface area (Å²) < 4.78 is 28.5. The van der Waals surface area contributed by atoms with E-state index in [1.54, 1.807) is 6.92 Å². The lowest BCUT2D eigenvalue weighted by Crippen LogP contribution is -2.63. The van der Waals surface area contributed by atoms with Crippen molar-refractivity contribution in [3.05, 3.63) is 87.3 Å². The number of piperazine rings is 1. The van der Waals surface area contributed by atoms with Crippen molar-refractivity contribution in [3.8, 4) is 23.0 Å². The maximum absolute atomic E-state index is 14.9. The molecule has 1 aliphatic heterocycles. The van der Waals surface area contributed by atoms with E-state index in [9.17, 15) is 38.4 Å². The fourth-order valence-electron chi connectivity index (χ4n) is 8.16. The summed E-state index contributed by atoms with van der Waals surface area (Å²) in [6.45, 7) is 4.25. The fourth-order valence-corrected chi connectivity index (χ4v) is 8.16. The highest BCUT2D eigenvalue weighted by Crippen LogP contribution is 2.44. The zero-order valence-electron chi connectivity index (χ0n) is 32.9. The summed E-state index contributed by atoms with van der Waals surface area (Å²) in [7, 11) is 6.36. The van der Waals surface area contributed by atoms with Gasteiger partial charge < -0.3 is 38.5 Å². The molecule has 3 unspecified atom stereocenters. The van der Waals surface area contributed by atoms with Crippen molar-refractivity contribution in [2.75, 3.05) is 42.1 Å². The van der Waals surface area contributed by atoms with E-state index in [2.05, 4.69) is 5.32 Å². The number of fused-ring (bicyclic) bond motifs is 6. The van der Waals surface area contributed by atoms with E-state index in [1.807, 2.05) is 6.92 Å². The average molecular weight is 794 g/mol. The predicted molar refractivity (Wildman–Crippen MR) is 216 cm³/mol. The summed E-state index contributed by atoms with van der Waals surface area (Å²) in [5.74, 6) is -2.57. The van der Waals surface area contributed by atoms with Crippen molar-refractivity contribution in [2.45, 2.75) is 51.7 Å². The van der Waals surface area contributed by atoms with E-state index in [-0.39, 0.29) is 83.9 Å². The molecular weight excluding hydrogens is 754 g/mol. The number of nitrogens with zero attached hydrogens (tertiary/aromatic N) is 2. The van der Waals surface area contributed by atoms with Crippen LogP contribution in [0.1, 0.15) is 38.8 Å². The maximum atomic E-state index is 14.9. The van der Waals surface area contributed by atoms with Gasteiger partial charge in [-0.15, -0.1) is 0 Å². The van der Waals surface area contributed by atoms with Crippen LogP contribution >= 0.6 is 0 Å². The Kier molecular flexibility index (Phi) is 9.91. The molecule has 0 bridgehead atoms. The number of benzene rings is 5. The second-order valence-electron chi connectivity index (χ2n) is 14.1. The van der Waals surface area contributed by atoms with Crippen LogP contribution in [-0.2, 0) is 25.7 Å². The summed E-state index contributed by atoms with van der Waals surface area (Å²) >= 11 is 0. The molecule has 1 saturated heterocycles. The van der Waals surface area contributed by atoms with Crippen molar-refractivity contribution in [1.82, 2.24) is 14.8 Å². The average Bonchev–Trinajstić information content (AvgIpc) is 3.23. The Morgan fingerprint density at radius 3 is 1.83 bits per heavy atom. The van der Waals surface area contributed by atoms with Crippen molar-refractivity contribution < 1.29 is 38.1 Å². The lowest BCUT2D eigenvalue weighted by Gasteiger charge is -2.36. The minimum absolute atomic E-state index is 0.0545. The van der Waals surface area contributed by atoms with E-state index in [4.69, 9.17) is 23.7 Å². The number of methoxy groups -OCH3 is 5. The Hall–Kier alpha value is -6.84. The van der Waals surface area contributed by atoms with Gasteiger partial charge in [0.1, 0.15) is 41.6 Å². The van der Waals surface area contributed by atoms with E-state index in [0.29, 0.717) is 12.1 Å². The highest BCUT2D eigenvalue weighted by atomic mass is 16.5. The van der Waals surface area contributed by atoms with Gasteiger partial charge in [-0.1, -0.05) is 13.8 Å². The van der Waals surface area contributed by atoms with Gasteiger partial charge in [-0.3, -0.25) is 33.6 Å². The minimum atomic E-state index is -1.15. The molecule has 0 spiro atoms. The first kappa shape index (κ1) is 39.4. The molecule has 16 nitrogen and oxygen atoms in total. The van der Waals surface area contributed by atoms with Crippen LogP contribution in [0.4, 0.5) is 0 Å². The monoisotopic (exact) mass is 793 g/mol. The van der Waals surface area contributed by atoms with Crippen LogP contribution in [0.3, 0.4) is 0 Å². The van der Waals surface area contributed by atoms with Crippen LogP contribution in [0.25, 0.3) is 53.9 Å². The first-order valence-electron chi connectivity index (χ1n) is 18.3. The molecule has 1 N–H and O–H groups in total. The lowest BCUT2D eigenvalue weighted by molar-refractivity contribution is -0.153. The van der Waals surface area contributed by atoms with Gasteiger partial charge >= 0.3 is 5.97 Å².